The van der Waals surface area contributed by atoms with Crippen LogP contribution in [0.5, 0.6) is 5.75 Å². The molecule has 0 radical (unpaired) electrons. The number of aromatic nitrogens is 2. The van der Waals surface area contributed by atoms with E-state index in [0.717, 1.165) is 98.6 Å². The fraction of sp³-hybridized carbons (Fsp3) is 0.556. The van der Waals surface area contributed by atoms with Crippen LogP contribution in [0.3, 0.4) is 0 Å². The van der Waals surface area contributed by atoms with Crippen molar-refractivity contribution >= 4 is 33.2 Å². The first kappa shape index (κ1) is 26.4. The number of fused-ring (bicyclic) bond motifs is 4. The number of carbonyl (C=O) groups excluding carboxylic acids is 1. The minimum atomic E-state index is -0.410. The minimum Gasteiger partial charge on any atom is -0.508 e. The molecule has 6 atom stereocenters. The van der Waals surface area contributed by atoms with Crippen molar-refractivity contribution in [1.82, 2.24) is 19.8 Å². The van der Waals surface area contributed by atoms with Crippen molar-refractivity contribution in [3.63, 3.8) is 0 Å². The first-order chi connectivity index (χ1) is 21.0. The zero-order valence-electron chi connectivity index (χ0n) is 25.0. The number of carbonyl (C=O) groups is 1. The molecule has 5 bridgehead atoms. The molecule has 4 fully saturated rings. The second-order valence-corrected chi connectivity index (χ2v) is 14.3. The molecule has 9 rings (SSSR count). The van der Waals surface area contributed by atoms with Gasteiger partial charge in [0.1, 0.15) is 22.9 Å². The number of aromatic amines is 1. The van der Waals surface area contributed by atoms with Crippen LogP contribution in [-0.2, 0) is 9.53 Å². The molecule has 6 unspecified atom stereocenters. The van der Waals surface area contributed by atoms with Gasteiger partial charge in [-0.3, -0.25) is 14.7 Å². The van der Waals surface area contributed by atoms with Crippen molar-refractivity contribution in [3.8, 4) is 5.75 Å². The van der Waals surface area contributed by atoms with Crippen molar-refractivity contribution in [2.75, 3.05) is 26.2 Å². The smallest absolute Gasteiger partial charge is 0.133 e. The van der Waals surface area contributed by atoms with Gasteiger partial charge < -0.3 is 19.7 Å². The van der Waals surface area contributed by atoms with Crippen molar-refractivity contribution in [3.05, 3.63) is 54.4 Å². The maximum absolute atomic E-state index is 12.8. The molecule has 4 saturated heterocycles. The van der Waals surface area contributed by atoms with Gasteiger partial charge in [-0.25, -0.2) is 0 Å². The Labute approximate surface area is 253 Å². The molecule has 1 spiro atoms. The molecule has 3 aromatic rings. The molecule has 1 aromatic carbocycles. The summed E-state index contributed by atoms with van der Waals surface area (Å²) < 4.78 is 7.52. The summed E-state index contributed by atoms with van der Waals surface area (Å²) in [6.45, 7) is 4.32. The Kier molecular flexibility index (Phi) is 5.83. The van der Waals surface area contributed by atoms with Crippen LogP contribution < -0.4 is 0 Å². The highest BCUT2D eigenvalue weighted by molar-refractivity contribution is 6.10. The number of hydrogen-bond acceptors (Lipinski definition) is 6. The lowest BCUT2D eigenvalue weighted by molar-refractivity contribution is -0.180. The minimum absolute atomic E-state index is 0.0554. The molecule has 6 aliphatic rings. The number of benzene rings is 1. The van der Waals surface area contributed by atoms with Gasteiger partial charge >= 0.3 is 0 Å². The maximum atomic E-state index is 12.8. The van der Waals surface area contributed by atoms with Crippen LogP contribution in [0.25, 0.3) is 27.4 Å². The van der Waals surface area contributed by atoms with E-state index in [-0.39, 0.29) is 16.9 Å². The molecule has 7 heteroatoms. The normalized spacial score (nSPS) is 37.8. The number of phenols is 1. The number of allylic oxidation sites excluding steroid dienone is 3. The lowest BCUT2D eigenvalue weighted by Gasteiger charge is -2.59. The highest BCUT2D eigenvalue weighted by Gasteiger charge is 2.77. The van der Waals surface area contributed by atoms with E-state index in [4.69, 9.17) is 9.72 Å². The van der Waals surface area contributed by atoms with E-state index < -0.39 is 5.60 Å². The van der Waals surface area contributed by atoms with Crippen molar-refractivity contribution in [1.29, 1.82) is 0 Å². The number of nitrogens with one attached hydrogen (secondary N) is 1. The summed E-state index contributed by atoms with van der Waals surface area (Å²) in [7, 11) is 0. The fourth-order valence-electron chi connectivity index (χ4n) is 10.5. The van der Waals surface area contributed by atoms with Gasteiger partial charge in [-0.2, -0.15) is 0 Å². The molecule has 0 saturated carbocycles. The Morgan fingerprint density at radius 3 is 2.88 bits per heavy atom. The molecule has 1 aliphatic carbocycles. The van der Waals surface area contributed by atoms with Crippen LogP contribution in [0.2, 0.25) is 0 Å². The van der Waals surface area contributed by atoms with E-state index in [1.807, 2.05) is 18.3 Å². The van der Waals surface area contributed by atoms with Crippen LogP contribution in [0.4, 0.5) is 0 Å². The summed E-state index contributed by atoms with van der Waals surface area (Å²) in [4.78, 5) is 27.1. The number of H-pyrrole nitrogens is 1. The number of aromatic hydroxyl groups is 1. The van der Waals surface area contributed by atoms with Gasteiger partial charge in [-0.15, -0.1) is 0 Å². The molecule has 0 amide bonds. The van der Waals surface area contributed by atoms with Gasteiger partial charge in [0.2, 0.25) is 0 Å². The predicted molar refractivity (Wildman–Crippen MR) is 168 cm³/mol. The number of phenolic OH excluding ortho intramolecular Hbond substituents is 1. The van der Waals surface area contributed by atoms with Crippen molar-refractivity contribution < 1.29 is 14.6 Å². The maximum Gasteiger partial charge on any atom is 0.133 e. The zero-order chi connectivity index (χ0) is 28.8. The summed E-state index contributed by atoms with van der Waals surface area (Å²) in [5.41, 5.74) is 3.76. The summed E-state index contributed by atoms with van der Waals surface area (Å²) >= 11 is 0. The average molecular weight is 579 g/mol. The van der Waals surface area contributed by atoms with E-state index in [0.29, 0.717) is 30.6 Å². The second kappa shape index (κ2) is 9.50. The summed E-state index contributed by atoms with van der Waals surface area (Å²) in [6, 6.07) is 7.97. The van der Waals surface area contributed by atoms with E-state index in [9.17, 15) is 9.90 Å². The monoisotopic (exact) mass is 578 g/mol. The van der Waals surface area contributed by atoms with Gasteiger partial charge in [0.15, 0.2) is 0 Å². The van der Waals surface area contributed by atoms with E-state index in [1.54, 1.807) is 6.07 Å². The topological polar surface area (TPSA) is 81.7 Å². The molecule has 2 aromatic heterocycles. The highest BCUT2D eigenvalue weighted by atomic mass is 16.6. The third kappa shape index (κ3) is 3.77. The summed E-state index contributed by atoms with van der Waals surface area (Å²) in [5, 5.41) is 12.4. The molecule has 7 heterocycles. The van der Waals surface area contributed by atoms with E-state index in [1.165, 1.54) is 18.4 Å². The summed E-state index contributed by atoms with van der Waals surface area (Å²) in [6.07, 6.45) is 20.0. The van der Waals surface area contributed by atoms with Crippen molar-refractivity contribution in [2.24, 2.45) is 11.3 Å². The van der Waals surface area contributed by atoms with Crippen LogP contribution in [0.15, 0.2) is 48.7 Å². The largest absolute Gasteiger partial charge is 0.508 e. The van der Waals surface area contributed by atoms with Gasteiger partial charge in [0, 0.05) is 53.8 Å². The van der Waals surface area contributed by atoms with E-state index >= 15 is 0 Å². The van der Waals surface area contributed by atoms with Crippen LogP contribution in [-0.4, -0.2) is 74.2 Å². The first-order valence-corrected chi connectivity index (χ1v) is 16.7. The third-order valence-corrected chi connectivity index (χ3v) is 11.9. The number of piperidine rings is 1. The lowest BCUT2D eigenvalue weighted by Crippen LogP contribution is -2.65. The molecular formula is C36H42N4O3. The van der Waals surface area contributed by atoms with Gasteiger partial charge in [0.05, 0.1) is 17.3 Å². The Hall–Kier alpha value is -3.00. The Bertz CT molecular complexity index is 1690. The van der Waals surface area contributed by atoms with Gasteiger partial charge in [-0.05, 0) is 113 Å². The number of Topliss-reactive ketones (excluding diaryl/α,β-unsaturated/α-hetero) is 1. The molecular weight excluding hydrogens is 536 g/mol. The van der Waals surface area contributed by atoms with Crippen LogP contribution in [0.1, 0.15) is 76.3 Å². The quantitative estimate of drug-likeness (QED) is 0.329. The third-order valence-electron chi connectivity index (χ3n) is 11.9. The fourth-order valence-corrected chi connectivity index (χ4v) is 10.5. The lowest BCUT2D eigenvalue weighted by atomic mass is 9.53. The first-order valence-electron chi connectivity index (χ1n) is 16.7. The number of ether oxygens (including phenoxy) is 1. The number of hydrogen-bond donors (Lipinski definition) is 2. The Morgan fingerprint density at radius 1 is 1.00 bits per heavy atom. The molecule has 7 nitrogen and oxygen atoms in total. The van der Waals surface area contributed by atoms with Crippen LogP contribution >= 0.6 is 0 Å². The average Bonchev–Trinajstić information content (AvgIpc) is 3.57. The number of pyridine rings is 1. The molecule has 224 valence electrons. The zero-order valence-corrected chi connectivity index (χ0v) is 25.0. The van der Waals surface area contributed by atoms with E-state index in [2.05, 4.69) is 39.1 Å². The number of ketones is 1. The standard InChI is InChI=1S/C36H42N4O3/c41-24-8-7-18-40-33-34-22-36(40,15-11-24)43-35(33)14-5-3-1-2-4-6-17-39(23-34)19-13-29(34)28(21-35)31-32-26(12-16-37-31)27-20-25(42)9-10-30(27)38-32/h1,3,9-10,12,16,20-21,29,33,38,42H,2,4-8,11,13-15,17-19,22-23H2. The predicted octanol–water partition coefficient (Wildman–Crippen LogP) is 6.33. The Balaban J connectivity index is 1.27. The Morgan fingerprint density at radius 2 is 1.93 bits per heavy atom. The SMILES string of the molecule is O=C1CCCN2C3C45C=C(c6nccc7c6[nH]c6ccc(O)cc67)C6CCN(CCCCC=CCC4)CC63CC2(CC1)O5. The van der Waals surface area contributed by atoms with Crippen LogP contribution in [0, 0.1) is 11.3 Å². The second-order valence-electron chi connectivity index (χ2n) is 14.3. The number of rotatable bonds is 1. The molecule has 43 heavy (non-hydrogen) atoms. The van der Waals surface area contributed by atoms with Crippen molar-refractivity contribution in [2.45, 2.75) is 88.0 Å². The molecule has 5 aliphatic heterocycles. The summed E-state index contributed by atoms with van der Waals surface area (Å²) in [5.74, 6) is 1.06. The van der Waals surface area contributed by atoms with Gasteiger partial charge in [-0.1, -0.05) is 12.2 Å². The molecule has 2 N–H and O–H groups in total. The highest BCUT2D eigenvalue weighted by Crippen LogP contribution is 2.70. The van der Waals surface area contributed by atoms with Gasteiger partial charge in [0.25, 0.3) is 0 Å². The number of nitrogens with zero attached hydrogens (tertiary/aromatic N) is 3.